The zero-order valence-corrected chi connectivity index (χ0v) is 16.1. The maximum absolute atomic E-state index is 13.9. The monoisotopic (exact) mass is 427 g/mol. The summed E-state index contributed by atoms with van der Waals surface area (Å²) in [4.78, 5) is 4.04. The van der Waals surface area contributed by atoms with E-state index in [1.807, 2.05) is 13.0 Å². The summed E-state index contributed by atoms with van der Waals surface area (Å²) in [5.41, 5.74) is 2.19. The van der Waals surface area contributed by atoms with Gasteiger partial charge in [0.1, 0.15) is 17.3 Å². The van der Waals surface area contributed by atoms with Crippen LogP contribution in [0.5, 0.6) is 0 Å². The van der Waals surface area contributed by atoms with Crippen LogP contribution in [0.15, 0.2) is 66.9 Å². The number of rotatable bonds is 3. The van der Waals surface area contributed by atoms with Gasteiger partial charge in [0, 0.05) is 5.56 Å². The number of aromatic nitrogens is 3. The van der Waals surface area contributed by atoms with E-state index in [9.17, 15) is 22.0 Å². The molecule has 0 fully saturated rings. The van der Waals surface area contributed by atoms with Crippen LogP contribution in [0, 0.1) is 18.6 Å². The molecule has 0 atom stereocenters. The average molecular weight is 427 g/mol. The molecule has 0 unspecified atom stereocenters. The van der Waals surface area contributed by atoms with Crippen molar-refractivity contribution in [2.45, 2.75) is 13.1 Å². The molecule has 4 rings (SSSR count). The second-order valence-corrected chi connectivity index (χ2v) is 6.87. The van der Waals surface area contributed by atoms with Gasteiger partial charge < -0.3 is 0 Å². The van der Waals surface area contributed by atoms with Gasteiger partial charge >= 0.3 is 6.18 Å². The Labute approximate surface area is 174 Å². The lowest BCUT2D eigenvalue weighted by atomic mass is 9.98. The molecule has 0 spiro atoms. The van der Waals surface area contributed by atoms with Crippen LogP contribution in [-0.2, 0) is 6.18 Å². The summed E-state index contributed by atoms with van der Waals surface area (Å²) in [5, 5.41) is 7.89. The highest BCUT2D eigenvalue weighted by Gasteiger charge is 2.30. The molecule has 31 heavy (non-hydrogen) atoms. The Kier molecular flexibility index (Phi) is 5.22. The van der Waals surface area contributed by atoms with Gasteiger partial charge in [0.25, 0.3) is 0 Å². The first-order chi connectivity index (χ1) is 14.7. The number of hydrogen-bond donors (Lipinski definition) is 0. The first-order valence-electron chi connectivity index (χ1n) is 9.17. The standard InChI is InChI=1S/C23H14F5N3/c1-13-11-15(14-5-8-16(9-6-14)23(26,27)28)7-10-17(13)20-12-29-22(31-30-20)21-18(24)3-2-4-19(21)25/h2-12H,1H3. The molecule has 0 aliphatic carbocycles. The van der Waals surface area contributed by atoms with E-state index in [-0.39, 0.29) is 11.4 Å². The van der Waals surface area contributed by atoms with Gasteiger partial charge in [0.15, 0.2) is 5.82 Å². The second-order valence-electron chi connectivity index (χ2n) is 6.87. The van der Waals surface area contributed by atoms with Crippen LogP contribution in [0.2, 0.25) is 0 Å². The number of alkyl halides is 3. The molecule has 4 aromatic rings. The van der Waals surface area contributed by atoms with Crippen LogP contribution < -0.4 is 0 Å². The van der Waals surface area contributed by atoms with Crippen molar-refractivity contribution in [1.29, 1.82) is 0 Å². The summed E-state index contributed by atoms with van der Waals surface area (Å²) in [6, 6.07) is 13.7. The molecule has 3 aromatic carbocycles. The Bertz CT molecular complexity index is 1210. The third-order valence-electron chi connectivity index (χ3n) is 4.80. The molecule has 0 saturated carbocycles. The van der Waals surface area contributed by atoms with Crippen molar-refractivity contribution in [3.8, 4) is 33.8 Å². The van der Waals surface area contributed by atoms with Crippen LogP contribution in [0.4, 0.5) is 22.0 Å². The largest absolute Gasteiger partial charge is 0.416 e. The summed E-state index contributed by atoms with van der Waals surface area (Å²) < 4.78 is 66.1. The molecule has 156 valence electrons. The minimum absolute atomic E-state index is 0.168. The molecule has 8 heteroatoms. The molecular weight excluding hydrogens is 413 g/mol. The topological polar surface area (TPSA) is 38.7 Å². The highest BCUT2D eigenvalue weighted by Crippen LogP contribution is 2.32. The second kappa shape index (κ2) is 7.86. The quantitative estimate of drug-likeness (QED) is 0.352. The molecule has 0 aliphatic rings. The van der Waals surface area contributed by atoms with Crippen molar-refractivity contribution < 1.29 is 22.0 Å². The molecule has 0 N–H and O–H groups in total. The number of hydrogen-bond acceptors (Lipinski definition) is 3. The minimum Gasteiger partial charge on any atom is -0.233 e. The summed E-state index contributed by atoms with van der Waals surface area (Å²) in [6.07, 6.45) is -3.02. The van der Waals surface area contributed by atoms with Gasteiger partial charge in [-0.15, -0.1) is 10.2 Å². The molecule has 0 radical (unpaired) electrons. The van der Waals surface area contributed by atoms with Gasteiger partial charge in [0.2, 0.25) is 0 Å². The first-order valence-corrected chi connectivity index (χ1v) is 9.17. The Hall–Kier alpha value is -3.68. The van der Waals surface area contributed by atoms with Crippen molar-refractivity contribution in [2.24, 2.45) is 0 Å². The van der Waals surface area contributed by atoms with E-state index in [0.29, 0.717) is 16.8 Å². The van der Waals surface area contributed by atoms with Gasteiger partial charge in [-0.05, 0) is 47.9 Å². The van der Waals surface area contributed by atoms with E-state index in [0.717, 1.165) is 35.4 Å². The van der Waals surface area contributed by atoms with Crippen molar-refractivity contribution >= 4 is 0 Å². The molecule has 0 aliphatic heterocycles. The fourth-order valence-corrected chi connectivity index (χ4v) is 3.21. The van der Waals surface area contributed by atoms with E-state index in [4.69, 9.17) is 0 Å². The van der Waals surface area contributed by atoms with Crippen LogP contribution in [0.3, 0.4) is 0 Å². The fourth-order valence-electron chi connectivity index (χ4n) is 3.21. The van der Waals surface area contributed by atoms with E-state index in [1.165, 1.54) is 24.4 Å². The van der Waals surface area contributed by atoms with Crippen molar-refractivity contribution in [3.05, 3.63) is 89.6 Å². The van der Waals surface area contributed by atoms with Crippen molar-refractivity contribution in [3.63, 3.8) is 0 Å². The Morgan fingerprint density at radius 1 is 0.774 bits per heavy atom. The van der Waals surface area contributed by atoms with Gasteiger partial charge in [0.05, 0.1) is 17.3 Å². The molecule has 0 amide bonds. The Balaban J connectivity index is 1.63. The lowest BCUT2D eigenvalue weighted by molar-refractivity contribution is -0.137. The van der Waals surface area contributed by atoms with E-state index in [2.05, 4.69) is 15.2 Å². The van der Waals surface area contributed by atoms with E-state index < -0.39 is 23.4 Å². The van der Waals surface area contributed by atoms with Gasteiger partial charge in [-0.25, -0.2) is 13.8 Å². The van der Waals surface area contributed by atoms with Crippen LogP contribution in [0.25, 0.3) is 33.8 Å². The molecular formula is C23H14F5N3. The first kappa shape index (κ1) is 20.6. The minimum atomic E-state index is -4.39. The number of benzene rings is 3. The predicted octanol–water partition coefficient (Wildman–Crippen LogP) is 6.48. The third-order valence-corrected chi connectivity index (χ3v) is 4.80. The molecule has 0 bridgehead atoms. The summed E-state index contributed by atoms with van der Waals surface area (Å²) in [7, 11) is 0. The predicted molar refractivity (Wildman–Crippen MR) is 106 cm³/mol. The van der Waals surface area contributed by atoms with Crippen LogP contribution in [0.1, 0.15) is 11.1 Å². The summed E-state index contributed by atoms with van der Waals surface area (Å²) in [5.74, 6) is -1.74. The highest BCUT2D eigenvalue weighted by atomic mass is 19.4. The number of halogens is 5. The number of aryl methyl sites for hydroxylation is 1. The highest BCUT2D eigenvalue weighted by molar-refractivity contribution is 5.72. The molecule has 0 saturated heterocycles. The SMILES string of the molecule is Cc1cc(-c2ccc(C(F)(F)F)cc2)ccc1-c1cnc(-c2c(F)cccc2F)nn1. The Morgan fingerprint density at radius 3 is 1.97 bits per heavy atom. The summed E-state index contributed by atoms with van der Waals surface area (Å²) in [6.45, 7) is 1.81. The lowest BCUT2D eigenvalue weighted by Gasteiger charge is -2.10. The lowest BCUT2D eigenvalue weighted by Crippen LogP contribution is -2.04. The third kappa shape index (κ3) is 4.14. The smallest absolute Gasteiger partial charge is 0.233 e. The molecule has 3 nitrogen and oxygen atoms in total. The van der Waals surface area contributed by atoms with Gasteiger partial charge in [-0.2, -0.15) is 13.2 Å². The maximum Gasteiger partial charge on any atom is 0.416 e. The Morgan fingerprint density at radius 2 is 1.42 bits per heavy atom. The van der Waals surface area contributed by atoms with Crippen molar-refractivity contribution in [2.75, 3.05) is 0 Å². The average Bonchev–Trinajstić information content (AvgIpc) is 2.74. The summed E-state index contributed by atoms with van der Waals surface area (Å²) >= 11 is 0. The normalized spacial score (nSPS) is 11.5. The zero-order valence-electron chi connectivity index (χ0n) is 16.1. The maximum atomic E-state index is 13.9. The van der Waals surface area contributed by atoms with Crippen molar-refractivity contribution in [1.82, 2.24) is 15.2 Å². The van der Waals surface area contributed by atoms with Crippen LogP contribution >= 0.6 is 0 Å². The zero-order chi connectivity index (χ0) is 22.2. The van der Waals surface area contributed by atoms with E-state index in [1.54, 1.807) is 12.1 Å². The molecule has 1 heterocycles. The number of nitrogens with zero attached hydrogens (tertiary/aromatic N) is 3. The van der Waals surface area contributed by atoms with Crippen LogP contribution in [-0.4, -0.2) is 15.2 Å². The van der Waals surface area contributed by atoms with Gasteiger partial charge in [-0.3, -0.25) is 0 Å². The molecule has 1 aromatic heterocycles. The van der Waals surface area contributed by atoms with E-state index >= 15 is 0 Å². The fraction of sp³-hybridized carbons (Fsp3) is 0.0870. The van der Waals surface area contributed by atoms with Gasteiger partial charge in [-0.1, -0.05) is 36.4 Å².